The van der Waals surface area contributed by atoms with Crippen LogP contribution in [0.25, 0.3) is 11.1 Å². The van der Waals surface area contributed by atoms with Gasteiger partial charge >= 0.3 is 0 Å². The fourth-order valence-electron chi connectivity index (χ4n) is 2.86. The SMILES string of the molecule is C#Cc1c(C)cc2c(c1C#CC)Cc1ccccc1-2. The molecule has 0 aromatic heterocycles. The highest BCUT2D eigenvalue weighted by atomic mass is 14.3. The third-order valence-electron chi connectivity index (χ3n) is 3.70. The first-order chi connectivity index (χ1) is 9.26. The minimum absolute atomic E-state index is 0.935. The Morgan fingerprint density at radius 1 is 1.11 bits per heavy atom. The minimum Gasteiger partial charge on any atom is -0.115 e. The zero-order valence-electron chi connectivity index (χ0n) is 11.2. The van der Waals surface area contributed by atoms with Crippen molar-refractivity contribution in [2.24, 2.45) is 0 Å². The van der Waals surface area contributed by atoms with Gasteiger partial charge < -0.3 is 0 Å². The van der Waals surface area contributed by atoms with Gasteiger partial charge in [-0.3, -0.25) is 0 Å². The van der Waals surface area contributed by atoms with Crippen LogP contribution in [0.2, 0.25) is 0 Å². The fraction of sp³-hybridized carbons (Fsp3) is 0.158. The molecule has 0 spiro atoms. The van der Waals surface area contributed by atoms with Gasteiger partial charge in [-0.05, 0) is 54.2 Å². The molecule has 19 heavy (non-hydrogen) atoms. The Hall–Kier alpha value is -2.44. The number of hydrogen-bond acceptors (Lipinski definition) is 0. The predicted molar refractivity (Wildman–Crippen MR) is 79.9 cm³/mol. The largest absolute Gasteiger partial charge is 0.115 e. The van der Waals surface area contributed by atoms with E-state index in [1.165, 1.54) is 22.3 Å². The maximum Gasteiger partial charge on any atom is 0.0445 e. The molecule has 0 radical (unpaired) electrons. The lowest BCUT2D eigenvalue weighted by molar-refractivity contribution is 1.23. The first kappa shape index (κ1) is 11.6. The molecule has 0 heterocycles. The Morgan fingerprint density at radius 3 is 2.63 bits per heavy atom. The van der Waals surface area contributed by atoms with Gasteiger partial charge in [0.25, 0.3) is 0 Å². The third-order valence-corrected chi connectivity index (χ3v) is 3.70. The van der Waals surface area contributed by atoms with E-state index in [0.717, 1.165) is 23.1 Å². The molecule has 0 saturated carbocycles. The Balaban J connectivity index is 2.37. The van der Waals surface area contributed by atoms with Crippen LogP contribution >= 0.6 is 0 Å². The second-order valence-electron chi connectivity index (χ2n) is 4.82. The van der Waals surface area contributed by atoms with Gasteiger partial charge in [0.15, 0.2) is 0 Å². The smallest absolute Gasteiger partial charge is 0.0445 e. The van der Waals surface area contributed by atoms with E-state index >= 15 is 0 Å². The molecule has 1 aliphatic rings. The number of terminal acetylenes is 1. The first-order valence-electron chi connectivity index (χ1n) is 6.40. The molecule has 0 saturated heterocycles. The maximum atomic E-state index is 5.66. The van der Waals surface area contributed by atoms with Crippen molar-refractivity contribution >= 4 is 0 Å². The Morgan fingerprint density at radius 2 is 1.89 bits per heavy atom. The van der Waals surface area contributed by atoms with Crippen LogP contribution in [0.4, 0.5) is 0 Å². The summed E-state index contributed by atoms with van der Waals surface area (Å²) in [5.41, 5.74) is 8.39. The van der Waals surface area contributed by atoms with Gasteiger partial charge in [0.1, 0.15) is 0 Å². The predicted octanol–water partition coefficient (Wildman–Crippen LogP) is 3.92. The second kappa shape index (κ2) is 4.34. The normalized spacial score (nSPS) is 11.0. The third kappa shape index (κ3) is 1.66. The monoisotopic (exact) mass is 242 g/mol. The lowest BCUT2D eigenvalue weighted by Gasteiger charge is -2.09. The van der Waals surface area contributed by atoms with Crippen LogP contribution in [0.15, 0.2) is 30.3 Å². The summed E-state index contributed by atoms with van der Waals surface area (Å²) in [7, 11) is 0. The van der Waals surface area contributed by atoms with Crippen LogP contribution in [0.3, 0.4) is 0 Å². The number of hydrogen-bond donors (Lipinski definition) is 0. The summed E-state index contributed by atoms with van der Waals surface area (Å²) in [6.07, 6.45) is 6.60. The van der Waals surface area contributed by atoms with Gasteiger partial charge in [0.2, 0.25) is 0 Å². The Labute approximate surface area is 114 Å². The van der Waals surface area contributed by atoms with E-state index < -0.39 is 0 Å². The van der Waals surface area contributed by atoms with Gasteiger partial charge in [-0.25, -0.2) is 0 Å². The molecule has 0 fully saturated rings. The van der Waals surface area contributed by atoms with Gasteiger partial charge in [-0.1, -0.05) is 36.1 Å². The summed E-state index contributed by atoms with van der Waals surface area (Å²) in [4.78, 5) is 0. The fourth-order valence-corrected chi connectivity index (χ4v) is 2.86. The van der Waals surface area contributed by atoms with Crippen molar-refractivity contribution in [2.45, 2.75) is 20.3 Å². The molecule has 0 nitrogen and oxygen atoms in total. The van der Waals surface area contributed by atoms with Crippen molar-refractivity contribution < 1.29 is 0 Å². The highest BCUT2D eigenvalue weighted by molar-refractivity contribution is 5.81. The molecule has 0 aliphatic heterocycles. The summed E-state index contributed by atoms with van der Waals surface area (Å²) < 4.78 is 0. The van der Waals surface area contributed by atoms with Gasteiger partial charge in [0.05, 0.1) is 0 Å². The van der Waals surface area contributed by atoms with Crippen LogP contribution in [-0.4, -0.2) is 0 Å². The first-order valence-corrected chi connectivity index (χ1v) is 6.40. The molecular weight excluding hydrogens is 228 g/mol. The molecule has 3 rings (SSSR count). The van der Waals surface area contributed by atoms with Crippen molar-refractivity contribution in [1.82, 2.24) is 0 Å². The molecular formula is C19H14. The van der Waals surface area contributed by atoms with Crippen molar-refractivity contribution in [3.8, 4) is 35.3 Å². The van der Waals surface area contributed by atoms with Gasteiger partial charge in [-0.2, -0.15) is 0 Å². The molecule has 0 bridgehead atoms. The van der Waals surface area contributed by atoms with Crippen molar-refractivity contribution in [2.75, 3.05) is 0 Å². The van der Waals surface area contributed by atoms with Gasteiger partial charge in [0, 0.05) is 11.1 Å². The Bertz CT molecular complexity index is 774. The summed E-state index contributed by atoms with van der Waals surface area (Å²) in [6, 6.07) is 10.7. The molecule has 0 heteroatoms. The number of fused-ring (bicyclic) bond motifs is 3. The average molecular weight is 242 g/mol. The van der Waals surface area contributed by atoms with E-state index in [-0.39, 0.29) is 0 Å². The van der Waals surface area contributed by atoms with Gasteiger partial charge in [-0.15, -0.1) is 12.3 Å². The molecule has 2 aromatic rings. The summed E-state index contributed by atoms with van der Waals surface area (Å²) in [5, 5.41) is 0. The van der Waals surface area contributed by atoms with Crippen LogP contribution in [0.5, 0.6) is 0 Å². The minimum atomic E-state index is 0.935. The quantitative estimate of drug-likeness (QED) is 0.524. The zero-order valence-corrected chi connectivity index (χ0v) is 11.2. The molecule has 0 atom stereocenters. The summed E-state index contributed by atoms with van der Waals surface area (Å²) in [5.74, 6) is 9.01. The van der Waals surface area contributed by atoms with E-state index in [4.69, 9.17) is 6.42 Å². The molecule has 0 amide bonds. The topological polar surface area (TPSA) is 0 Å². The number of rotatable bonds is 0. The zero-order chi connectivity index (χ0) is 13.4. The van der Waals surface area contributed by atoms with E-state index in [1.807, 2.05) is 6.92 Å². The molecule has 0 unspecified atom stereocenters. The standard InChI is InChI=1S/C19H14/c1-4-8-17-15(5-2)13(3)11-18-16-10-7-6-9-14(16)12-19(17)18/h2,6-7,9-11H,12H2,1,3H3. The molecule has 90 valence electrons. The maximum absolute atomic E-state index is 5.66. The van der Waals surface area contributed by atoms with E-state index in [1.54, 1.807) is 0 Å². The van der Waals surface area contributed by atoms with Crippen molar-refractivity contribution in [3.05, 3.63) is 58.1 Å². The number of aryl methyl sites for hydroxylation is 1. The number of benzene rings is 2. The lowest BCUT2D eigenvalue weighted by atomic mass is 9.93. The second-order valence-corrected chi connectivity index (χ2v) is 4.82. The Kier molecular flexibility index (Phi) is 2.66. The highest BCUT2D eigenvalue weighted by Crippen LogP contribution is 2.40. The highest BCUT2D eigenvalue weighted by Gasteiger charge is 2.22. The van der Waals surface area contributed by atoms with Crippen LogP contribution in [0, 0.1) is 31.1 Å². The van der Waals surface area contributed by atoms with E-state index in [9.17, 15) is 0 Å². The average Bonchev–Trinajstić information content (AvgIpc) is 2.78. The van der Waals surface area contributed by atoms with Crippen molar-refractivity contribution in [3.63, 3.8) is 0 Å². The summed E-state index contributed by atoms with van der Waals surface area (Å²) in [6.45, 7) is 3.92. The van der Waals surface area contributed by atoms with Crippen LogP contribution < -0.4 is 0 Å². The molecule has 1 aliphatic carbocycles. The van der Waals surface area contributed by atoms with Crippen LogP contribution in [0.1, 0.15) is 34.7 Å². The lowest BCUT2D eigenvalue weighted by Crippen LogP contribution is -1.96. The van der Waals surface area contributed by atoms with Crippen LogP contribution in [-0.2, 0) is 6.42 Å². The van der Waals surface area contributed by atoms with E-state index in [2.05, 4.69) is 55.0 Å². The molecule has 0 N–H and O–H groups in total. The molecule has 2 aromatic carbocycles. The summed E-state index contributed by atoms with van der Waals surface area (Å²) >= 11 is 0. The van der Waals surface area contributed by atoms with Crippen molar-refractivity contribution in [1.29, 1.82) is 0 Å². The van der Waals surface area contributed by atoms with E-state index in [0.29, 0.717) is 0 Å².